The van der Waals surface area contributed by atoms with Gasteiger partial charge in [-0.25, -0.2) is 9.97 Å². The number of rotatable bonds is 3. The second-order valence-corrected chi connectivity index (χ2v) is 6.69. The molecule has 0 aromatic carbocycles. The van der Waals surface area contributed by atoms with Crippen molar-refractivity contribution < 1.29 is 4.74 Å². The van der Waals surface area contributed by atoms with Crippen molar-refractivity contribution in [3.63, 3.8) is 0 Å². The van der Waals surface area contributed by atoms with E-state index in [0.717, 1.165) is 29.6 Å². The number of nitrogen functional groups attached to an aromatic ring is 1. The van der Waals surface area contributed by atoms with Gasteiger partial charge >= 0.3 is 0 Å². The Balaban J connectivity index is 2.05. The molecular weight excluding hydrogens is 246 g/mol. The van der Waals surface area contributed by atoms with Crippen LogP contribution in [0.5, 0.6) is 0 Å². The summed E-state index contributed by atoms with van der Waals surface area (Å²) in [5, 5.41) is 0.947. The van der Waals surface area contributed by atoms with Crippen LogP contribution in [-0.4, -0.2) is 28.4 Å². The topological polar surface area (TPSA) is 61.0 Å². The maximum Gasteiger partial charge on any atom is 0.137 e. The standard InChI is InChI=1S/C13H21N3OS/c1-13(2,3)12-15-10(14)7-11(16-12)18-8-9-5-4-6-17-9/h7,9H,4-6,8H2,1-3H3,(H2,14,15,16). The van der Waals surface area contributed by atoms with Crippen molar-refractivity contribution in [1.29, 1.82) is 0 Å². The number of hydrogen-bond acceptors (Lipinski definition) is 5. The number of thioether (sulfide) groups is 1. The van der Waals surface area contributed by atoms with E-state index < -0.39 is 0 Å². The molecule has 1 fully saturated rings. The van der Waals surface area contributed by atoms with Crippen molar-refractivity contribution in [2.24, 2.45) is 0 Å². The first kappa shape index (κ1) is 13.6. The van der Waals surface area contributed by atoms with E-state index in [1.165, 1.54) is 6.42 Å². The molecule has 2 N–H and O–H groups in total. The molecule has 0 amide bonds. The smallest absolute Gasteiger partial charge is 0.137 e. The molecule has 18 heavy (non-hydrogen) atoms. The Hall–Kier alpha value is -0.810. The van der Waals surface area contributed by atoms with E-state index in [9.17, 15) is 0 Å². The molecule has 0 saturated carbocycles. The highest BCUT2D eigenvalue weighted by atomic mass is 32.2. The molecule has 2 rings (SSSR count). The minimum absolute atomic E-state index is 0.0749. The largest absolute Gasteiger partial charge is 0.384 e. The predicted molar refractivity (Wildman–Crippen MR) is 74.8 cm³/mol. The van der Waals surface area contributed by atoms with Crippen LogP contribution >= 0.6 is 11.8 Å². The summed E-state index contributed by atoms with van der Waals surface area (Å²) in [6.45, 7) is 7.17. The van der Waals surface area contributed by atoms with E-state index >= 15 is 0 Å². The lowest BCUT2D eigenvalue weighted by atomic mass is 9.96. The van der Waals surface area contributed by atoms with E-state index in [0.29, 0.717) is 11.9 Å². The van der Waals surface area contributed by atoms with Crippen molar-refractivity contribution in [2.45, 2.75) is 50.2 Å². The summed E-state index contributed by atoms with van der Waals surface area (Å²) in [5.74, 6) is 2.29. The van der Waals surface area contributed by atoms with Crippen LogP contribution in [-0.2, 0) is 10.2 Å². The second kappa shape index (κ2) is 5.45. The zero-order chi connectivity index (χ0) is 13.2. The van der Waals surface area contributed by atoms with Crippen LogP contribution in [0, 0.1) is 0 Å². The first-order valence-electron chi connectivity index (χ1n) is 6.34. The third-order valence-corrected chi connectivity index (χ3v) is 3.88. The summed E-state index contributed by atoms with van der Waals surface area (Å²) in [5.41, 5.74) is 5.77. The number of aromatic nitrogens is 2. The Labute approximate surface area is 113 Å². The number of nitrogens with two attached hydrogens (primary N) is 1. The summed E-state index contributed by atoms with van der Waals surface area (Å²) in [6.07, 6.45) is 2.69. The Morgan fingerprint density at radius 2 is 2.22 bits per heavy atom. The summed E-state index contributed by atoms with van der Waals surface area (Å²) < 4.78 is 5.61. The van der Waals surface area contributed by atoms with Gasteiger partial charge in [-0.3, -0.25) is 0 Å². The van der Waals surface area contributed by atoms with E-state index in [-0.39, 0.29) is 5.41 Å². The molecule has 1 aliphatic rings. The van der Waals surface area contributed by atoms with Gasteiger partial charge in [-0.2, -0.15) is 0 Å². The molecule has 2 heterocycles. The first-order valence-corrected chi connectivity index (χ1v) is 7.33. The molecule has 1 atom stereocenters. The fourth-order valence-corrected chi connectivity index (χ4v) is 2.78. The summed E-state index contributed by atoms with van der Waals surface area (Å²) in [4.78, 5) is 8.89. The van der Waals surface area contributed by atoms with E-state index in [1.807, 2.05) is 6.07 Å². The molecule has 0 bridgehead atoms. The van der Waals surface area contributed by atoms with Crippen molar-refractivity contribution in [3.05, 3.63) is 11.9 Å². The molecule has 4 nitrogen and oxygen atoms in total. The zero-order valence-corrected chi connectivity index (χ0v) is 12.1. The molecule has 1 aromatic heterocycles. The first-order chi connectivity index (χ1) is 8.45. The zero-order valence-electron chi connectivity index (χ0n) is 11.3. The Kier molecular flexibility index (Phi) is 4.12. The van der Waals surface area contributed by atoms with Crippen LogP contribution < -0.4 is 5.73 Å². The van der Waals surface area contributed by atoms with Gasteiger partial charge in [0.05, 0.1) is 6.10 Å². The maximum atomic E-state index is 5.84. The third kappa shape index (κ3) is 3.59. The van der Waals surface area contributed by atoms with Gasteiger partial charge in [0, 0.05) is 23.8 Å². The van der Waals surface area contributed by atoms with Crippen molar-refractivity contribution in [3.8, 4) is 0 Å². The third-order valence-electron chi connectivity index (χ3n) is 2.83. The molecule has 100 valence electrons. The molecule has 1 saturated heterocycles. The van der Waals surface area contributed by atoms with Crippen LogP contribution in [0.15, 0.2) is 11.1 Å². The van der Waals surface area contributed by atoms with E-state index in [4.69, 9.17) is 10.5 Å². The van der Waals surface area contributed by atoms with Crippen molar-refractivity contribution >= 4 is 17.6 Å². The average Bonchev–Trinajstić information content (AvgIpc) is 2.77. The van der Waals surface area contributed by atoms with Gasteiger partial charge in [-0.05, 0) is 12.8 Å². The Morgan fingerprint density at radius 1 is 1.44 bits per heavy atom. The highest BCUT2D eigenvalue weighted by molar-refractivity contribution is 7.99. The molecular formula is C13H21N3OS. The van der Waals surface area contributed by atoms with Crippen LogP contribution in [0.2, 0.25) is 0 Å². The number of ether oxygens (including phenoxy) is 1. The molecule has 1 unspecified atom stereocenters. The number of hydrogen-bond donors (Lipinski definition) is 1. The summed E-state index contributed by atoms with van der Waals surface area (Å²) in [7, 11) is 0. The lowest BCUT2D eigenvalue weighted by Crippen LogP contribution is -2.17. The second-order valence-electron chi connectivity index (χ2n) is 5.65. The van der Waals surface area contributed by atoms with Crippen LogP contribution in [0.25, 0.3) is 0 Å². The van der Waals surface area contributed by atoms with E-state index in [1.54, 1.807) is 11.8 Å². The lowest BCUT2D eigenvalue weighted by molar-refractivity contribution is 0.129. The van der Waals surface area contributed by atoms with Gasteiger partial charge in [0.2, 0.25) is 0 Å². The van der Waals surface area contributed by atoms with E-state index in [2.05, 4.69) is 30.7 Å². The predicted octanol–water partition coefficient (Wildman–Crippen LogP) is 2.63. The average molecular weight is 267 g/mol. The fraction of sp³-hybridized carbons (Fsp3) is 0.692. The Bertz CT molecular complexity index is 411. The minimum atomic E-state index is -0.0749. The van der Waals surface area contributed by atoms with Gasteiger partial charge < -0.3 is 10.5 Å². The molecule has 0 radical (unpaired) electrons. The fourth-order valence-electron chi connectivity index (χ4n) is 1.81. The van der Waals surface area contributed by atoms with Gasteiger partial charge in [0.25, 0.3) is 0 Å². The van der Waals surface area contributed by atoms with Gasteiger partial charge in [0.15, 0.2) is 0 Å². The minimum Gasteiger partial charge on any atom is -0.384 e. The Morgan fingerprint density at radius 3 is 2.83 bits per heavy atom. The summed E-state index contributed by atoms with van der Waals surface area (Å²) in [6, 6.07) is 1.84. The monoisotopic (exact) mass is 267 g/mol. The van der Waals surface area contributed by atoms with Gasteiger partial charge in [-0.1, -0.05) is 20.8 Å². The maximum absolute atomic E-state index is 5.84. The molecule has 0 aliphatic carbocycles. The molecule has 1 aromatic rings. The normalized spacial score (nSPS) is 20.3. The highest BCUT2D eigenvalue weighted by Gasteiger charge is 2.20. The molecule has 0 spiro atoms. The van der Waals surface area contributed by atoms with Crippen LogP contribution in [0.4, 0.5) is 5.82 Å². The number of nitrogens with zero attached hydrogens (tertiary/aromatic N) is 2. The van der Waals surface area contributed by atoms with Gasteiger partial charge in [0.1, 0.15) is 16.7 Å². The number of anilines is 1. The van der Waals surface area contributed by atoms with Crippen LogP contribution in [0.1, 0.15) is 39.4 Å². The molecule has 5 heteroatoms. The molecule has 1 aliphatic heterocycles. The van der Waals surface area contributed by atoms with Gasteiger partial charge in [-0.15, -0.1) is 11.8 Å². The highest BCUT2D eigenvalue weighted by Crippen LogP contribution is 2.26. The lowest BCUT2D eigenvalue weighted by Gasteiger charge is -2.17. The quantitative estimate of drug-likeness (QED) is 0.674. The van der Waals surface area contributed by atoms with Crippen molar-refractivity contribution in [2.75, 3.05) is 18.1 Å². The van der Waals surface area contributed by atoms with Crippen molar-refractivity contribution in [1.82, 2.24) is 9.97 Å². The van der Waals surface area contributed by atoms with Crippen LogP contribution in [0.3, 0.4) is 0 Å². The SMILES string of the molecule is CC(C)(C)c1nc(N)cc(SCC2CCCO2)n1. The summed E-state index contributed by atoms with van der Waals surface area (Å²) >= 11 is 1.71.